The van der Waals surface area contributed by atoms with E-state index in [-0.39, 0.29) is 18.8 Å². The molecule has 1 saturated heterocycles. The molecule has 11 nitrogen and oxygen atoms in total. The molecular weight excluding hydrogens is 386 g/mol. The minimum absolute atomic E-state index is 0.0498. The van der Waals surface area contributed by atoms with Crippen LogP contribution in [-0.4, -0.2) is 63.1 Å². The van der Waals surface area contributed by atoms with Crippen LogP contribution < -0.4 is 16.6 Å². The van der Waals surface area contributed by atoms with Crippen LogP contribution in [0.2, 0.25) is 0 Å². The molecule has 1 aromatic heterocycles. The van der Waals surface area contributed by atoms with Crippen molar-refractivity contribution in [3.05, 3.63) is 33.1 Å². The lowest BCUT2D eigenvalue weighted by atomic mass is 10.0. The maximum atomic E-state index is 12.2. The fourth-order valence-corrected chi connectivity index (χ4v) is 3.19. The van der Waals surface area contributed by atoms with Crippen LogP contribution in [0, 0.1) is 5.92 Å². The van der Waals surface area contributed by atoms with Crippen molar-refractivity contribution in [1.29, 1.82) is 0 Å². The summed E-state index contributed by atoms with van der Waals surface area (Å²) < 4.78 is 11.2. The van der Waals surface area contributed by atoms with Gasteiger partial charge < -0.3 is 25.0 Å². The normalized spacial score (nSPS) is 25.0. The second kappa shape index (κ2) is 9.81. The van der Waals surface area contributed by atoms with Gasteiger partial charge in [-0.2, -0.15) is 0 Å². The van der Waals surface area contributed by atoms with E-state index in [1.807, 2.05) is 18.8 Å². The fraction of sp³-hybridized carbons (Fsp3) is 0.667. The molecule has 0 radical (unpaired) electrons. The number of amides is 1. The van der Waals surface area contributed by atoms with Crippen molar-refractivity contribution < 1.29 is 29.3 Å². The highest BCUT2D eigenvalue weighted by atomic mass is 16.6. The number of hydrogen-bond donors (Lipinski definition) is 4. The van der Waals surface area contributed by atoms with Gasteiger partial charge in [0.2, 0.25) is 5.91 Å². The molecule has 2 rings (SSSR count). The second-order valence-electron chi connectivity index (χ2n) is 7.38. The van der Waals surface area contributed by atoms with Gasteiger partial charge in [-0.1, -0.05) is 13.8 Å². The lowest BCUT2D eigenvalue weighted by Crippen LogP contribution is -2.42. The molecule has 1 fully saturated rings. The number of nitrogens with one attached hydrogen (secondary N) is 2. The average molecular weight is 413 g/mol. The van der Waals surface area contributed by atoms with Crippen molar-refractivity contribution in [3.63, 3.8) is 0 Å². The molecule has 0 bridgehead atoms. The Morgan fingerprint density at radius 1 is 1.31 bits per heavy atom. The van der Waals surface area contributed by atoms with Crippen LogP contribution in [0.3, 0.4) is 0 Å². The van der Waals surface area contributed by atoms with Gasteiger partial charge in [0.05, 0.1) is 13.2 Å². The second-order valence-corrected chi connectivity index (χ2v) is 7.38. The number of esters is 1. The number of hydrogen-bond acceptors (Lipinski definition) is 8. The monoisotopic (exact) mass is 413 g/mol. The largest absolute Gasteiger partial charge is 0.467 e. The predicted molar refractivity (Wildman–Crippen MR) is 99.9 cm³/mol. The highest BCUT2D eigenvalue weighted by Gasteiger charge is 2.44. The van der Waals surface area contributed by atoms with Crippen LogP contribution in [0.25, 0.3) is 0 Å². The number of nitrogens with zero attached hydrogens (tertiary/aromatic N) is 1. The molecule has 162 valence electrons. The Kier molecular flexibility index (Phi) is 7.71. The van der Waals surface area contributed by atoms with E-state index >= 15 is 0 Å². The van der Waals surface area contributed by atoms with Crippen molar-refractivity contribution in [3.8, 4) is 0 Å². The molecule has 11 heteroatoms. The first kappa shape index (κ1) is 22.8. The van der Waals surface area contributed by atoms with Gasteiger partial charge in [0, 0.05) is 18.7 Å². The lowest BCUT2D eigenvalue weighted by Gasteiger charge is -2.19. The molecule has 0 spiro atoms. The fourth-order valence-electron chi connectivity index (χ4n) is 3.19. The van der Waals surface area contributed by atoms with Gasteiger partial charge in [-0.05, 0) is 18.8 Å². The Labute approximate surface area is 166 Å². The minimum Gasteiger partial charge on any atom is -0.467 e. The van der Waals surface area contributed by atoms with Crippen molar-refractivity contribution in [2.45, 2.75) is 63.7 Å². The van der Waals surface area contributed by atoms with Crippen LogP contribution in [0.4, 0.5) is 0 Å². The number of ether oxygens (including phenoxy) is 2. The van der Waals surface area contributed by atoms with Crippen LogP contribution >= 0.6 is 0 Å². The molecule has 0 aliphatic carbocycles. The zero-order chi connectivity index (χ0) is 21.7. The molecule has 1 aliphatic heterocycles. The summed E-state index contributed by atoms with van der Waals surface area (Å²) in [4.78, 5) is 49.1. The molecule has 0 saturated carbocycles. The number of methoxy groups -OCH3 is 1. The molecule has 1 amide bonds. The summed E-state index contributed by atoms with van der Waals surface area (Å²) in [6.07, 6.45) is -3.33. The van der Waals surface area contributed by atoms with E-state index < -0.39 is 53.7 Å². The molecule has 29 heavy (non-hydrogen) atoms. The van der Waals surface area contributed by atoms with E-state index in [9.17, 15) is 29.4 Å². The molecule has 4 N–H and O–H groups in total. The summed E-state index contributed by atoms with van der Waals surface area (Å²) in [6, 6.07) is 0.312. The number of rotatable bonds is 8. The number of H-pyrrole nitrogens is 1. The van der Waals surface area contributed by atoms with Crippen LogP contribution in [-0.2, 0) is 19.1 Å². The Morgan fingerprint density at radius 2 is 2.00 bits per heavy atom. The summed E-state index contributed by atoms with van der Waals surface area (Å²) in [5.41, 5.74) is -1.39. The Balaban J connectivity index is 1.98. The minimum atomic E-state index is -1.42. The maximum Gasteiger partial charge on any atom is 0.330 e. The number of aromatic amines is 1. The van der Waals surface area contributed by atoms with E-state index in [2.05, 4.69) is 5.32 Å². The third kappa shape index (κ3) is 5.75. The first-order chi connectivity index (χ1) is 13.6. The van der Waals surface area contributed by atoms with E-state index in [4.69, 9.17) is 9.47 Å². The molecule has 1 aromatic rings. The van der Waals surface area contributed by atoms with Gasteiger partial charge >= 0.3 is 11.7 Å². The van der Waals surface area contributed by atoms with E-state index in [1.54, 1.807) is 0 Å². The number of carbonyl (C=O) groups is 2. The summed E-state index contributed by atoms with van der Waals surface area (Å²) in [7, 11) is 1.24. The SMILES string of the molecule is COC(=O)[C@H](CC(C)C)NC(=O)CC[C@H]1O[C@@H](n2ccc(=O)[nH]c2=O)[C@H](O)[C@@H]1O. The number of aliphatic hydroxyl groups excluding tert-OH is 2. The average Bonchev–Trinajstić information content (AvgIpc) is 2.93. The molecule has 2 heterocycles. The molecule has 5 atom stereocenters. The van der Waals surface area contributed by atoms with Crippen molar-refractivity contribution in [2.24, 2.45) is 5.92 Å². The molecule has 0 unspecified atom stereocenters. The first-order valence-electron chi connectivity index (χ1n) is 9.34. The van der Waals surface area contributed by atoms with Gasteiger partial charge in [-0.15, -0.1) is 0 Å². The van der Waals surface area contributed by atoms with Crippen LogP contribution in [0.15, 0.2) is 21.9 Å². The number of aliphatic hydroxyl groups is 2. The quantitative estimate of drug-likeness (QED) is 0.380. The zero-order valence-electron chi connectivity index (χ0n) is 16.5. The first-order valence-corrected chi connectivity index (χ1v) is 9.34. The van der Waals surface area contributed by atoms with E-state index in [0.717, 1.165) is 16.8 Å². The summed E-state index contributed by atoms with van der Waals surface area (Å²) in [6.45, 7) is 3.82. The third-order valence-electron chi connectivity index (χ3n) is 4.65. The predicted octanol–water partition coefficient (Wildman–Crippen LogP) is -1.36. The Bertz CT molecular complexity index is 833. The highest BCUT2D eigenvalue weighted by Crippen LogP contribution is 2.30. The van der Waals surface area contributed by atoms with Crippen LogP contribution in [0.1, 0.15) is 39.3 Å². The van der Waals surface area contributed by atoms with Crippen molar-refractivity contribution in [1.82, 2.24) is 14.9 Å². The van der Waals surface area contributed by atoms with E-state index in [1.165, 1.54) is 7.11 Å². The number of aromatic nitrogens is 2. The smallest absolute Gasteiger partial charge is 0.330 e. The molecule has 1 aliphatic rings. The summed E-state index contributed by atoms with van der Waals surface area (Å²) >= 11 is 0. The van der Waals surface area contributed by atoms with Crippen molar-refractivity contribution >= 4 is 11.9 Å². The zero-order valence-corrected chi connectivity index (χ0v) is 16.5. The van der Waals surface area contributed by atoms with Crippen LogP contribution in [0.5, 0.6) is 0 Å². The summed E-state index contributed by atoms with van der Waals surface area (Å²) in [5.74, 6) is -0.820. The van der Waals surface area contributed by atoms with Gasteiger partial charge in [0.1, 0.15) is 18.2 Å². The Hall–Kier alpha value is -2.50. The third-order valence-corrected chi connectivity index (χ3v) is 4.65. The van der Waals surface area contributed by atoms with Crippen molar-refractivity contribution in [2.75, 3.05) is 7.11 Å². The van der Waals surface area contributed by atoms with Gasteiger partial charge in [-0.3, -0.25) is 19.1 Å². The lowest BCUT2D eigenvalue weighted by molar-refractivity contribution is -0.145. The molecular formula is C18H27N3O8. The van der Waals surface area contributed by atoms with E-state index in [0.29, 0.717) is 6.42 Å². The van der Waals surface area contributed by atoms with Gasteiger partial charge in [0.15, 0.2) is 6.23 Å². The Morgan fingerprint density at radius 3 is 2.59 bits per heavy atom. The molecule has 0 aromatic carbocycles. The topological polar surface area (TPSA) is 160 Å². The van der Waals surface area contributed by atoms with Gasteiger partial charge in [0.25, 0.3) is 5.56 Å². The summed E-state index contributed by atoms with van der Waals surface area (Å²) in [5, 5.41) is 23.0. The highest BCUT2D eigenvalue weighted by molar-refractivity contribution is 5.84. The van der Waals surface area contributed by atoms with Gasteiger partial charge in [-0.25, -0.2) is 9.59 Å². The standard InChI is InChI=1S/C18H27N3O8/c1-9(2)8-10(17(26)28-3)19-12(22)5-4-11-14(24)15(25)16(29-11)21-7-6-13(23)20-18(21)27/h6-7,9-11,14-16,24-25H,4-5,8H2,1-3H3,(H,19,22)(H,20,23,27)/t10-,11+,14+,15+,16+/m0/s1. The maximum absolute atomic E-state index is 12.2. The number of carbonyl (C=O) groups excluding carboxylic acids is 2.